The fraction of sp³-hybridized carbons (Fsp3) is 0.750. The van der Waals surface area contributed by atoms with Crippen LogP contribution >= 0.6 is 0 Å². The van der Waals surface area contributed by atoms with Crippen molar-refractivity contribution in [1.82, 2.24) is 4.31 Å². The Morgan fingerprint density at radius 1 is 1.17 bits per heavy atom. The van der Waals surface area contributed by atoms with Crippen molar-refractivity contribution in [2.24, 2.45) is 22.7 Å². The average molecular weight is 518 g/mol. The number of sulfonamides is 1. The van der Waals surface area contributed by atoms with E-state index in [2.05, 4.69) is 26.0 Å². The van der Waals surface area contributed by atoms with E-state index in [0.717, 1.165) is 37.7 Å². The van der Waals surface area contributed by atoms with Crippen LogP contribution in [-0.4, -0.2) is 55.5 Å². The normalized spacial score (nSPS) is 39.4. The minimum Gasteiger partial charge on any atom is -0.377 e. The van der Waals surface area contributed by atoms with Crippen molar-refractivity contribution in [2.45, 2.75) is 89.8 Å². The van der Waals surface area contributed by atoms with Crippen molar-refractivity contribution < 1.29 is 27.4 Å². The number of carbonyl (C=O) groups is 1. The fourth-order valence-electron chi connectivity index (χ4n) is 8.17. The van der Waals surface area contributed by atoms with E-state index >= 15 is 0 Å². The highest BCUT2D eigenvalue weighted by Gasteiger charge is 2.73. The number of nitrogens with zero attached hydrogens (tertiary/aromatic N) is 1. The number of fused-ring (bicyclic) bond motifs is 3. The van der Waals surface area contributed by atoms with E-state index in [1.807, 2.05) is 18.2 Å². The lowest BCUT2D eigenvalue weighted by Gasteiger charge is -2.37. The summed E-state index contributed by atoms with van der Waals surface area (Å²) in [6.07, 6.45) is 6.04. The minimum atomic E-state index is -3.63. The van der Waals surface area contributed by atoms with E-state index in [9.17, 15) is 13.2 Å². The SMILES string of the molecule is CC1(C)[C@@H]2CC[C@]13CS(=O)(=O)N(C(=O)[C@@H]1C[C@@]4(CCCCOCc5ccccc5)OCC[C@@H]1O4)[C@@H]3C2. The molecule has 7 nitrogen and oxygen atoms in total. The zero-order valence-electron chi connectivity index (χ0n) is 21.5. The van der Waals surface area contributed by atoms with E-state index in [1.165, 1.54) is 4.31 Å². The predicted molar refractivity (Wildman–Crippen MR) is 134 cm³/mol. The minimum absolute atomic E-state index is 0.0469. The molecule has 198 valence electrons. The van der Waals surface area contributed by atoms with Gasteiger partial charge in [-0.25, -0.2) is 12.7 Å². The summed E-state index contributed by atoms with van der Waals surface area (Å²) < 4.78 is 46.4. The Hall–Kier alpha value is -1.48. The van der Waals surface area contributed by atoms with Crippen LogP contribution in [0.2, 0.25) is 0 Å². The second kappa shape index (κ2) is 8.79. The van der Waals surface area contributed by atoms with Crippen LogP contribution in [0.15, 0.2) is 30.3 Å². The van der Waals surface area contributed by atoms with Gasteiger partial charge in [-0.2, -0.15) is 0 Å². The van der Waals surface area contributed by atoms with Crippen LogP contribution in [0.5, 0.6) is 0 Å². The molecule has 1 aromatic carbocycles. The molecule has 2 aliphatic carbocycles. The highest BCUT2D eigenvalue weighted by molar-refractivity contribution is 7.90. The topological polar surface area (TPSA) is 82.1 Å². The molecule has 36 heavy (non-hydrogen) atoms. The van der Waals surface area contributed by atoms with E-state index in [-0.39, 0.29) is 34.6 Å². The summed E-state index contributed by atoms with van der Waals surface area (Å²) in [4.78, 5) is 13.9. The summed E-state index contributed by atoms with van der Waals surface area (Å²) in [6.45, 7) is 6.23. The van der Waals surface area contributed by atoms with Gasteiger partial charge >= 0.3 is 0 Å². The first-order valence-corrected chi connectivity index (χ1v) is 15.3. The van der Waals surface area contributed by atoms with E-state index in [1.54, 1.807) is 0 Å². The molecule has 0 aromatic heterocycles. The Balaban J connectivity index is 1.08. The molecule has 2 saturated carbocycles. The molecular formula is C28H39NO6S. The quantitative estimate of drug-likeness (QED) is 0.479. The second-order valence-corrected chi connectivity index (χ2v) is 14.1. The summed E-state index contributed by atoms with van der Waals surface area (Å²) >= 11 is 0. The van der Waals surface area contributed by atoms with Crippen LogP contribution in [0, 0.1) is 22.7 Å². The number of amides is 1. The zero-order chi connectivity index (χ0) is 25.2. The summed E-state index contributed by atoms with van der Waals surface area (Å²) in [5, 5.41) is 0. The van der Waals surface area contributed by atoms with E-state index < -0.39 is 21.7 Å². The summed E-state index contributed by atoms with van der Waals surface area (Å²) in [6, 6.07) is 9.93. The largest absolute Gasteiger partial charge is 0.377 e. The standard InChI is InChI=1S/C28H39NO6S/c1-26(2)21-10-13-27(26)19-36(31,32)29(24(27)16-21)25(30)22-17-28(34-15-11-23(22)35-28)12-6-7-14-33-18-20-8-4-3-5-9-20/h3-5,8-9,21-24H,6-7,10-19H2,1-2H3/t21-,22-,23+,24-,27-,28+/m1/s1. The number of rotatable bonds is 8. The summed E-state index contributed by atoms with van der Waals surface area (Å²) in [5.41, 5.74) is 0.816. The molecule has 1 amide bonds. The lowest BCUT2D eigenvalue weighted by molar-refractivity contribution is -0.263. The lowest BCUT2D eigenvalue weighted by Crippen LogP contribution is -2.47. The van der Waals surface area contributed by atoms with Crippen molar-refractivity contribution in [3.8, 4) is 0 Å². The van der Waals surface area contributed by atoms with Crippen molar-refractivity contribution in [2.75, 3.05) is 19.0 Å². The molecule has 5 aliphatic rings. The van der Waals surface area contributed by atoms with Gasteiger partial charge in [-0.1, -0.05) is 44.2 Å². The molecule has 1 spiro atoms. The maximum atomic E-state index is 13.9. The van der Waals surface area contributed by atoms with Gasteiger partial charge in [0.25, 0.3) is 0 Å². The number of hydrogen-bond acceptors (Lipinski definition) is 6. The van der Waals surface area contributed by atoms with Gasteiger partial charge in [-0.15, -0.1) is 0 Å². The smallest absolute Gasteiger partial charge is 0.242 e. The maximum absolute atomic E-state index is 13.9. The van der Waals surface area contributed by atoms with Gasteiger partial charge in [0.15, 0.2) is 5.79 Å². The molecule has 1 aromatic rings. The number of hydrogen-bond donors (Lipinski definition) is 0. The van der Waals surface area contributed by atoms with Gasteiger partial charge in [-0.05, 0) is 55.4 Å². The number of benzene rings is 1. The van der Waals surface area contributed by atoms with Crippen LogP contribution in [0.3, 0.4) is 0 Å². The van der Waals surface area contributed by atoms with Gasteiger partial charge in [0, 0.05) is 24.9 Å². The lowest BCUT2D eigenvalue weighted by atomic mass is 9.69. The second-order valence-electron chi connectivity index (χ2n) is 12.3. The highest BCUT2D eigenvalue weighted by Crippen LogP contribution is 2.70. The Kier molecular flexibility index (Phi) is 6.06. The third kappa shape index (κ3) is 3.77. The first-order valence-electron chi connectivity index (χ1n) is 13.7. The van der Waals surface area contributed by atoms with Crippen LogP contribution in [-0.2, 0) is 35.6 Å². The Bertz CT molecular complexity index is 1110. The molecule has 5 fully saturated rings. The van der Waals surface area contributed by atoms with Gasteiger partial charge in [0.2, 0.25) is 15.9 Å². The molecule has 0 radical (unpaired) electrons. The molecule has 0 unspecified atom stereocenters. The first-order chi connectivity index (χ1) is 17.2. The third-order valence-corrected chi connectivity index (χ3v) is 12.2. The number of ether oxygens (including phenoxy) is 3. The number of unbranched alkanes of at least 4 members (excludes halogenated alkanes) is 1. The Morgan fingerprint density at radius 2 is 1.97 bits per heavy atom. The van der Waals surface area contributed by atoms with Crippen molar-refractivity contribution >= 4 is 15.9 Å². The molecule has 3 aliphatic heterocycles. The van der Waals surface area contributed by atoms with Crippen LogP contribution < -0.4 is 0 Å². The molecule has 3 saturated heterocycles. The summed E-state index contributed by atoms with van der Waals surface area (Å²) in [5.74, 6) is -0.871. The third-order valence-electron chi connectivity index (χ3n) is 10.3. The Morgan fingerprint density at radius 3 is 2.75 bits per heavy atom. The van der Waals surface area contributed by atoms with Crippen LogP contribution in [0.25, 0.3) is 0 Å². The van der Waals surface area contributed by atoms with Crippen LogP contribution in [0.1, 0.15) is 70.8 Å². The van der Waals surface area contributed by atoms with Gasteiger partial charge in [0.05, 0.1) is 37.0 Å². The van der Waals surface area contributed by atoms with Crippen LogP contribution in [0.4, 0.5) is 0 Å². The Labute approximate surface area is 214 Å². The first kappa shape index (κ1) is 24.8. The maximum Gasteiger partial charge on any atom is 0.242 e. The monoisotopic (exact) mass is 517 g/mol. The van der Waals surface area contributed by atoms with E-state index in [0.29, 0.717) is 45.0 Å². The predicted octanol–water partition coefficient (Wildman–Crippen LogP) is 4.26. The molecule has 0 N–H and O–H groups in total. The molecule has 6 atom stereocenters. The van der Waals surface area contributed by atoms with Crippen molar-refractivity contribution in [3.05, 3.63) is 35.9 Å². The zero-order valence-corrected chi connectivity index (χ0v) is 22.3. The van der Waals surface area contributed by atoms with Crippen molar-refractivity contribution in [3.63, 3.8) is 0 Å². The average Bonchev–Trinajstić information content (AvgIpc) is 3.43. The molecule has 4 bridgehead atoms. The molecule has 3 heterocycles. The molecule has 8 heteroatoms. The van der Waals surface area contributed by atoms with Gasteiger partial charge < -0.3 is 14.2 Å². The highest BCUT2D eigenvalue weighted by atomic mass is 32.2. The molecule has 6 rings (SSSR count). The summed E-state index contributed by atoms with van der Waals surface area (Å²) in [7, 11) is -3.63. The van der Waals surface area contributed by atoms with Gasteiger partial charge in [-0.3, -0.25) is 4.79 Å². The fourth-order valence-corrected chi connectivity index (χ4v) is 10.8. The van der Waals surface area contributed by atoms with E-state index in [4.69, 9.17) is 14.2 Å². The van der Waals surface area contributed by atoms with Gasteiger partial charge in [0.1, 0.15) is 0 Å². The molecular weight excluding hydrogens is 478 g/mol. The number of carbonyl (C=O) groups excluding carboxylic acids is 1. The van der Waals surface area contributed by atoms with Crippen molar-refractivity contribution in [1.29, 1.82) is 0 Å².